The number of anilines is 1. The van der Waals surface area contributed by atoms with E-state index >= 15 is 0 Å². The fraction of sp³-hybridized carbons (Fsp3) is 0.143. The zero-order valence-corrected chi connectivity index (χ0v) is 10.2. The Labute approximate surface area is 110 Å². The summed E-state index contributed by atoms with van der Waals surface area (Å²) < 4.78 is 5.63. The fourth-order valence-electron chi connectivity index (χ4n) is 2.01. The third-order valence-electron chi connectivity index (χ3n) is 2.86. The molecule has 0 saturated carbocycles. The summed E-state index contributed by atoms with van der Waals surface area (Å²) in [7, 11) is 0. The van der Waals surface area contributed by atoms with Crippen LogP contribution in [0.25, 0.3) is 0 Å². The van der Waals surface area contributed by atoms with Gasteiger partial charge in [-0.15, -0.1) is 0 Å². The van der Waals surface area contributed by atoms with Gasteiger partial charge in [0.1, 0.15) is 5.75 Å². The average Bonchev–Trinajstić information content (AvgIpc) is 2.81. The molecule has 0 fully saturated rings. The van der Waals surface area contributed by atoms with Crippen molar-refractivity contribution in [1.29, 1.82) is 0 Å². The Morgan fingerprint density at radius 3 is 2.95 bits per heavy atom. The lowest BCUT2D eigenvalue weighted by Crippen LogP contribution is -2.40. The molecule has 1 aliphatic rings. The number of para-hydroxylation sites is 1. The molecule has 0 saturated heterocycles. The summed E-state index contributed by atoms with van der Waals surface area (Å²) in [6.07, 6.45) is 3.59. The molecule has 19 heavy (non-hydrogen) atoms. The lowest BCUT2D eigenvalue weighted by molar-refractivity contribution is 0.189. The lowest BCUT2D eigenvalue weighted by Gasteiger charge is -2.13. The minimum absolute atomic E-state index is 0.300. The molecular formula is C14H13N3O2. The summed E-state index contributed by atoms with van der Waals surface area (Å²) in [6.45, 7) is 0. The standard InChI is InChI=1S/C14H13N3O2/c18-14(16-11-5-3-7-15-9-11)17-13-8-10-4-1-2-6-12(10)19-13/h1-7,9,13H,8H2,(H2,16,17,18). The van der Waals surface area contributed by atoms with Crippen LogP contribution in [-0.4, -0.2) is 17.2 Å². The van der Waals surface area contributed by atoms with E-state index in [0.717, 1.165) is 11.3 Å². The molecule has 3 rings (SSSR count). The molecule has 0 aliphatic carbocycles. The van der Waals surface area contributed by atoms with Gasteiger partial charge < -0.3 is 15.4 Å². The Kier molecular flexibility index (Phi) is 3.02. The van der Waals surface area contributed by atoms with Crippen LogP contribution >= 0.6 is 0 Å². The van der Waals surface area contributed by atoms with Crippen LogP contribution in [0.15, 0.2) is 48.8 Å². The molecule has 1 aromatic carbocycles. The van der Waals surface area contributed by atoms with Gasteiger partial charge in [0, 0.05) is 12.6 Å². The zero-order valence-electron chi connectivity index (χ0n) is 10.2. The first-order chi connectivity index (χ1) is 9.31. The number of hydrogen-bond donors (Lipinski definition) is 2. The summed E-state index contributed by atoms with van der Waals surface area (Å²) >= 11 is 0. The molecule has 5 nitrogen and oxygen atoms in total. The summed E-state index contributed by atoms with van der Waals surface area (Å²) in [4.78, 5) is 15.7. The van der Waals surface area contributed by atoms with Crippen molar-refractivity contribution < 1.29 is 9.53 Å². The van der Waals surface area contributed by atoms with Gasteiger partial charge in [-0.2, -0.15) is 0 Å². The molecule has 0 spiro atoms. The number of pyridine rings is 1. The van der Waals surface area contributed by atoms with Crippen LogP contribution < -0.4 is 15.4 Å². The van der Waals surface area contributed by atoms with Crippen LogP contribution in [0.4, 0.5) is 10.5 Å². The van der Waals surface area contributed by atoms with Crippen molar-refractivity contribution in [2.24, 2.45) is 0 Å². The first kappa shape index (κ1) is 11.5. The maximum absolute atomic E-state index is 11.8. The Balaban J connectivity index is 1.58. The molecule has 0 bridgehead atoms. The maximum atomic E-state index is 11.8. The van der Waals surface area contributed by atoms with Crippen molar-refractivity contribution in [3.63, 3.8) is 0 Å². The molecule has 1 aliphatic heterocycles. The lowest BCUT2D eigenvalue weighted by atomic mass is 10.1. The van der Waals surface area contributed by atoms with Gasteiger partial charge in [-0.3, -0.25) is 4.98 Å². The number of aromatic nitrogens is 1. The van der Waals surface area contributed by atoms with E-state index < -0.39 is 0 Å². The number of hydrogen-bond acceptors (Lipinski definition) is 3. The molecule has 0 radical (unpaired) electrons. The number of carbonyl (C=O) groups excluding carboxylic acids is 1. The highest BCUT2D eigenvalue weighted by atomic mass is 16.5. The highest BCUT2D eigenvalue weighted by molar-refractivity contribution is 5.89. The Morgan fingerprint density at radius 2 is 2.16 bits per heavy atom. The van der Waals surface area contributed by atoms with Gasteiger partial charge >= 0.3 is 6.03 Å². The first-order valence-corrected chi connectivity index (χ1v) is 6.03. The number of carbonyl (C=O) groups is 1. The van der Waals surface area contributed by atoms with E-state index in [1.54, 1.807) is 24.5 Å². The van der Waals surface area contributed by atoms with Crippen LogP contribution in [0.5, 0.6) is 5.75 Å². The maximum Gasteiger partial charge on any atom is 0.322 e. The molecular weight excluding hydrogens is 242 g/mol. The summed E-state index contributed by atoms with van der Waals surface area (Å²) in [5.74, 6) is 0.828. The van der Waals surface area contributed by atoms with Crippen molar-refractivity contribution in [2.45, 2.75) is 12.6 Å². The average molecular weight is 255 g/mol. The van der Waals surface area contributed by atoms with Crippen molar-refractivity contribution in [1.82, 2.24) is 10.3 Å². The quantitative estimate of drug-likeness (QED) is 0.864. The number of nitrogens with one attached hydrogen (secondary N) is 2. The Morgan fingerprint density at radius 1 is 1.26 bits per heavy atom. The van der Waals surface area contributed by atoms with E-state index in [1.807, 2.05) is 24.3 Å². The van der Waals surface area contributed by atoms with Gasteiger partial charge in [-0.05, 0) is 23.8 Å². The number of fused-ring (bicyclic) bond motifs is 1. The van der Waals surface area contributed by atoms with E-state index in [9.17, 15) is 4.79 Å². The highest BCUT2D eigenvalue weighted by Crippen LogP contribution is 2.26. The fourth-order valence-corrected chi connectivity index (χ4v) is 2.01. The van der Waals surface area contributed by atoms with Crippen molar-refractivity contribution >= 4 is 11.7 Å². The van der Waals surface area contributed by atoms with Crippen LogP contribution in [0.3, 0.4) is 0 Å². The minimum Gasteiger partial charge on any atom is -0.470 e. The van der Waals surface area contributed by atoms with Gasteiger partial charge in [0.15, 0.2) is 6.23 Å². The van der Waals surface area contributed by atoms with Crippen molar-refractivity contribution in [2.75, 3.05) is 5.32 Å². The Hall–Kier alpha value is -2.56. The van der Waals surface area contributed by atoms with Crippen LogP contribution in [0.2, 0.25) is 0 Å². The second-order valence-corrected chi connectivity index (χ2v) is 4.26. The van der Waals surface area contributed by atoms with Crippen molar-refractivity contribution in [3.05, 3.63) is 54.4 Å². The van der Waals surface area contributed by atoms with E-state index in [0.29, 0.717) is 12.1 Å². The highest BCUT2D eigenvalue weighted by Gasteiger charge is 2.23. The van der Waals surface area contributed by atoms with Crippen molar-refractivity contribution in [3.8, 4) is 5.75 Å². The van der Waals surface area contributed by atoms with Gasteiger partial charge in [-0.25, -0.2) is 4.79 Å². The summed E-state index contributed by atoms with van der Waals surface area (Å²) in [5, 5.41) is 5.48. The van der Waals surface area contributed by atoms with E-state index in [-0.39, 0.29) is 12.3 Å². The molecule has 2 amide bonds. The first-order valence-electron chi connectivity index (χ1n) is 6.03. The summed E-state index contributed by atoms with van der Waals surface area (Å²) in [5.41, 5.74) is 1.75. The predicted molar refractivity (Wildman–Crippen MR) is 71.0 cm³/mol. The van der Waals surface area contributed by atoms with E-state index in [1.165, 1.54) is 0 Å². The van der Waals surface area contributed by atoms with Crippen LogP contribution in [0, 0.1) is 0 Å². The van der Waals surface area contributed by atoms with E-state index in [2.05, 4.69) is 15.6 Å². The minimum atomic E-state index is -0.325. The number of nitrogens with zero attached hydrogens (tertiary/aromatic N) is 1. The van der Waals surface area contributed by atoms with Gasteiger partial charge in [0.25, 0.3) is 0 Å². The summed E-state index contributed by atoms with van der Waals surface area (Å²) in [6, 6.07) is 11.0. The normalized spacial score (nSPS) is 16.3. The molecule has 2 heterocycles. The number of benzene rings is 1. The predicted octanol–water partition coefficient (Wildman–Crippen LogP) is 2.16. The number of rotatable bonds is 2. The van der Waals surface area contributed by atoms with Gasteiger partial charge in [0.2, 0.25) is 0 Å². The van der Waals surface area contributed by atoms with Crippen LogP contribution in [0.1, 0.15) is 5.56 Å². The Bertz CT molecular complexity index is 561. The molecule has 1 unspecified atom stereocenters. The van der Waals surface area contributed by atoms with Gasteiger partial charge in [0.05, 0.1) is 11.9 Å². The second kappa shape index (κ2) is 4.97. The molecule has 2 aromatic rings. The molecule has 1 atom stereocenters. The third kappa shape index (κ3) is 2.65. The van der Waals surface area contributed by atoms with E-state index in [4.69, 9.17) is 4.74 Å². The topological polar surface area (TPSA) is 63.2 Å². The smallest absolute Gasteiger partial charge is 0.322 e. The SMILES string of the molecule is O=C(Nc1cccnc1)NC1Cc2ccccc2O1. The van der Waals surface area contributed by atoms with Crippen LogP contribution in [-0.2, 0) is 6.42 Å². The number of urea groups is 1. The number of ether oxygens (including phenoxy) is 1. The van der Waals surface area contributed by atoms with Gasteiger partial charge in [-0.1, -0.05) is 18.2 Å². The largest absolute Gasteiger partial charge is 0.470 e. The molecule has 2 N–H and O–H groups in total. The third-order valence-corrected chi connectivity index (χ3v) is 2.86. The molecule has 5 heteroatoms. The molecule has 1 aromatic heterocycles. The second-order valence-electron chi connectivity index (χ2n) is 4.26. The number of amides is 2. The zero-order chi connectivity index (χ0) is 13.1. The molecule has 96 valence electrons. The monoisotopic (exact) mass is 255 g/mol.